The molecule has 2 aromatic carbocycles. The lowest BCUT2D eigenvalue weighted by molar-refractivity contribution is 0.0995. The lowest BCUT2D eigenvalue weighted by atomic mass is 10.2. The predicted octanol–water partition coefficient (Wildman–Crippen LogP) is 4.35. The van der Waals surface area contributed by atoms with Gasteiger partial charge in [-0.15, -0.1) is 0 Å². The molecule has 0 unspecified atom stereocenters. The van der Waals surface area contributed by atoms with Gasteiger partial charge in [-0.25, -0.2) is 8.42 Å². The first kappa shape index (κ1) is 21.8. The quantitative estimate of drug-likeness (QED) is 0.550. The van der Waals surface area contributed by atoms with Crippen LogP contribution in [0, 0.1) is 0 Å². The first-order chi connectivity index (χ1) is 14.4. The Morgan fingerprint density at radius 3 is 2.40 bits per heavy atom. The molecule has 0 fully saturated rings. The van der Waals surface area contributed by atoms with Gasteiger partial charge in [0.2, 0.25) is 0 Å². The Bertz CT molecular complexity index is 1090. The number of rotatable bonds is 9. The second kappa shape index (κ2) is 9.73. The zero-order valence-corrected chi connectivity index (χ0v) is 18.0. The minimum absolute atomic E-state index is 0.0717. The average molecular weight is 427 g/mol. The second-order valence-electron chi connectivity index (χ2n) is 6.95. The summed E-state index contributed by atoms with van der Waals surface area (Å²) in [6, 6.07) is 18.8. The van der Waals surface area contributed by atoms with E-state index in [1.807, 2.05) is 24.3 Å². The molecule has 6 nitrogen and oxygen atoms in total. The molecule has 0 radical (unpaired) electrons. The van der Waals surface area contributed by atoms with Gasteiger partial charge in [0, 0.05) is 12.2 Å². The van der Waals surface area contributed by atoms with Crippen molar-refractivity contribution in [2.45, 2.75) is 31.0 Å². The molecule has 0 saturated carbocycles. The van der Waals surface area contributed by atoms with Crippen molar-refractivity contribution in [2.24, 2.45) is 0 Å². The summed E-state index contributed by atoms with van der Waals surface area (Å²) < 4.78 is 30.5. The normalized spacial score (nSPS) is 11.6. The number of nitrogens with zero attached hydrogens (tertiary/aromatic N) is 1. The molecule has 0 bridgehead atoms. The molecule has 3 aromatic rings. The van der Waals surface area contributed by atoms with Crippen LogP contribution in [0.3, 0.4) is 0 Å². The van der Waals surface area contributed by atoms with E-state index in [4.69, 9.17) is 4.42 Å². The third-order valence-electron chi connectivity index (χ3n) is 4.81. The molecule has 158 valence electrons. The van der Waals surface area contributed by atoms with Gasteiger partial charge in [0.1, 0.15) is 11.5 Å². The van der Waals surface area contributed by atoms with E-state index in [0.717, 1.165) is 25.2 Å². The fourth-order valence-electron chi connectivity index (χ4n) is 3.12. The highest BCUT2D eigenvalue weighted by molar-refractivity contribution is 7.90. The maximum absolute atomic E-state index is 12.5. The highest BCUT2D eigenvalue weighted by Gasteiger charge is 2.19. The van der Waals surface area contributed by atoms with E-state index in [0.29, 0.717) is 5.69 Å². The lowest BCUT2D eigenvalue weighted by Gasteiger charge is -2.18. The molecule has 30 heavy (non-hydrogen) atoms. The number of sulfone groups is 1. The van der Waals surface area contributed by atoms with Crippen molar-refractivity contribution < 1.29 is 17.6 Å². The monoisotopic (exact) mass is 426 g/mol. The summed E-state index contributed by atoms with van der Waals surface area (Å²) in [4.78, 5) is 15.0. The number of furan rings is 1. The van der Waals surface area contributed by atoms with Crippen molar-refractivity contribution in [2.75, 3.05) is 18.4 Å². The topological polar surface area (TPSA) is 79.6 Å². The van der Waals surface area contributed by atoms with Crippen molar-refractivity contribution in [3.05, 3.63) is 83.8 Å². The standard InChI is InChI=1S/C23H26N2O4S/c1-3-25(4-2)16-18-9-8-10-19(15-18)24-23(26)22-14-13-20(29-22)17-30(27,28)21-11-6-5-7-12-21/h5-15H,3-4,16-17H2,1-2H3,(H,24,26). The number of nitrogens with one attached hydrogen (secondary N) is 1. The molecule has 1 aromatic heterocycles. The molecular formula is C23H26N2O4S. The summed E-state index contributed by atoms with van der Waals surface area (Å²) in [5, 5.41) is 2.82. The molecule has 7 heteroatoms. The molecule has 0 aliphatic carbocycles. The molecule has 0 spiro atoms. The van der Waals surface area contributed by atoms with Crippen molar-refractivity contribution in [3.8, 4) is 0 Å². The fourth-order valence-corrected chi connectivity index (χ4v) is 4.39. The third-order valence-corrected chi connectivity index (χ3v) is 6.46. The van der Waals surface area contributed by atoms with Gasteiger partial charge in [-0.1, -0.05) is 44.2 Å². The van der Waals surface area contributed by atoms with Crippen molar-refractivity contribution >= 4 is 21.4 Å². The van der Waals surface area contributed by atoms with Crippen molar-refractivity contribution in [1.82, 2.24) is 4.90 Å². The van der Waals surface area contributed by atoms with Gasteiger partial charge in [-0.2, -0.15) is 0 Å². The van der Waals surface area contributed by atoms with Crippen LogP contribution in [-0.2, 0) is 22.1 Å². The zero-order valence-electron chi connectivity index (χ0n) is 17.2. The molecule has 0 aliphatic heterocycles. The summed E-state index contributed by atoms with van der Waals surface area (Å²) in [7, 11) is -3.54. The van der Waals surface area contributed by atoms with Gasteiger partial charge in [0.05, 0.1) is 4.90 Å². The Hall–Kier alpha value is -2.90. The molecule has 1 heterocycles. The molecule has 3 rings (SSSR count). The first-order valence-electron chi connectivity index (χ1n) is 9.90. The van der Waals surface area contributed by atoms with E-state index in [9.17, 15) is 13.2 Å². The number of benzene rings is 2. The summed E-state index contributed by atoms with van der Waals surface area (Å²) in [5.74, 6) is -0.427. The summed E-state index contributed by atoms with van der Waals surface area (Å²) >= 11 is 0. The van der Waals surface area contributed by atoms with Crippen LogP contribution in [0.5, 0.6) is 0 Å². The van der Waals surface area contributed by atoms with Crippen LogP contribution in [0.2, 0.25) is 0 Å². The predicted molar refractivity (Wildman–Crippen MR) is 117 cm³/mol. The van der Waals surface area contributed by atoms with Crippen LogP contribution in [0.25, 0.3) is 0 Å². The summed E-state index contributed by atoms with van der Waals surface area (Å²) in [6.07, 6.45) is 0. The van der Waals surface area contributed by atoms with Gasteiger partial charge in [-0.05, 0) is 55.1 Å². The number of hydrogen-bond donors (Lipinski definition) is 1. The van der Waals surface area contributed by atoms with E-state index in [2.05, 4.69) is 24.1 Å². The number of amides is 1. The van der Waals surface area contributed by atoms with Crippen molar-refractivity contribution in [3.63, 3.8) is 0 Å². The van der Waals surface area contributed by atoms with Gasteiger partial charge in [0.25, 0.3) is 5.91 Å². The summed E-state index contributed by atoms with van der Waals surface area (Å²) in [5.41, 5.74) is 1.77. The smallest absolute Gasteiger partial charge is 0.291 e. The van der Waals surface area contributed by atoms with Gasteiger partial charge >= 0.3 is 0 Å². The molecule has 0 aliphatic rings. The Labute approximate surface area is 177 Å². The summed E-state index contributed by atoms with van der Waals surface area (Å²) in [6.45, 7) is 6.94. The van der Waals surface area contributed by atoms with Crippen LogP contribution in [0.1, 0.15) is 35.7 Å². The Balaban J connectivity index is 1.67. The van der Waals surface area contributed by atoms with Crippen LogP contribution in [0.15, 0.2) is 76.0 Å². The van der Waals surface area contributed by atoms with Gasteiger partial charge in [0.15, 0.2) is 15.6 Å². The maximum atomic E-state index is 12.5. The van der Waals surface area contributed by atoms with E-state index < -0.39 is 15.7 Å². The Morgan fingerprint density at radius 2 is 1.70 bits per heavy atom. The first-order valence-corrected chi connectivity index (χ1v) is 11.6. The van der Waals surface area contributed by atoms with Crippen LogP contribution < -0.4 is 5.32 Å². The minimum atomic E-state index is -3.54. The minimum Gasteiger partial charge on any atom is -0.455 e. The third kappa shape index (κ3) is 5.58. The average Bonchev–Trinajstić information content (AvgIpc) is 3.21. The number of hydrogen-bond acceptors (Lipinski definition) is 5. The van der Waals surface area contributed by atoms with E-state index in [1.54, 1.807) is 18.2 Å². The zero-order chi connectivity index (χ0) is 21.6. The Kier molecular flexibility index (Phi) is 7.07. The van der Waals surface area contributed by atoms with Crippen LogP contribution in [0.4, 0.5) is 5.69 Å². The fraction of sp³-hybridized carbons (Fsp3) is 0.261. The largest absolute Gasteiger partial charge is 0.455 e. The highest BCUT2D eigenvalue weighted by atomic mass is 32.2. The molecule has 0 atom stereocenters. The SMILES string of the molecule is CCN(CC)Cc1cccc(NC(=O)c2ccc(CS(=O)(=O)c3ccccc3)o2)c1. The van der Waals surface area contributed by atoms with E-state index in [-0.39, 0.29) is 22.2 Å². The number of anilines is 1. The van der Waals surface area contributed by atoms with Crippen LogP contribution in [-0.4, -0.2) is 32.3 Å². The lowest BCUT2D eigenvalue weighted by Crippen LogP contribution is -2.22. The molecule has 0 saturated heterocycles. The van der Waals surface area contributed by atoms with Crippen molar-refractivity contribution in [1.29, 1.82) is 0 Å². The van der Waals surface area contributed by atoms with Gasteiger partial charge < -0.3 is 9.73 Å². The molecule has 1 N–H and O–H groups in total. The van der Waals surface area contributed by atoms with E-state index >= 15 is 0 Å². The molecule has 1 amide bonds. The van der Waals surface area contributed by atoms with E-state index in [1.165, 1.54) is 24.3 Å². The maximum Gasteiger partial charge on any atom is 0.291 e. The molecular weight excluding hydrogens is 400 g/mol. The van der Waals surface area contributed by atoms with Gasteiger partial charge in [-0.3, -0.25) is 9.69 Å². The second-order valence-corrected chi connectivity index (χ2v) is 8.94. The number of carbonyl (C=O) groups is 1. The Morgan fingerprint density at radius 1 is 0.967 bits per heavy atom. The highest BCUT2D eigenvalue weighted by Crippen LogP contribution is 2.19. The number of carbonyl (C=O) groups excluding carboxylic acids is 1. The van der Waals surface area contributed by atoms with Crippen LogP contribution >= 0.6 is 0 Å².